The van der Waals surface area contributed by atoms with Crippen molar-refractivity contribution >= 4 is 12.0 Å². The second kappa shape index (κ2) is 8.81. The van der Waals surface area contributed by atoms with Crippen LogP contribution in [-0.2, 0) is 20.8 Å². The number of aliphatic hydroxyl groups excluding tert-OH is 1. The van der Waals surface area contributed by atoms with Gasteiger partial charge in [0, 0.05) is 7.05 Å². The van der Waals surface area contributed by atoms with E-state index in [0.29, 0.717) is 5.56 Å². The standard InChI is InChI=1S/C17H25FN2O6/c1-17(2,3)26-16(24)19-12(14(22)15(23)20(4)25-5)9-10-6-7-13(21)11(18)8-10/h6-8,12,14,21-22H,9H2,1-5H3,(H,19,24)/t12-,14+/m1/s1. The molecule has 146 valence electrons. The van der Waals surface area contributed by atoms with E-state index < -0.39 is 41.3 Å². The number of amides is 2. The molecule has 0 saturated carbocycles. The Bertz CT molecular complexity index is 647. The van der Waals surface area contributed by atoms with E-state index in [1.54, 1.807) is 20.8 Å². The van der Waals surface area contributed by atoms with E-state index in [1.807, 2.05) is 0 Å². The van der Waals surface area contributed by atoms with Gasteiger partial charge in [0.1, 0.15) is 5.60 Å². The average molecular weight is 372 g/mol. The minimum atomic E-state index is -1.66. The number of phenolic OH excluding ortho intramolecular Hbond substituents is 1. The summed E-state index contributed by atoms with van der Waals surface area (Å²) in [5.41, 5.74) is -0.425. The van der Waals surface area contributed by atoms with Crippen LogP contribution >= 0.6 is 0 Å². The van der Waals surface area contributed by atoms with Crippen molar-refractivity contribution in [3.8, 4) is 5.75 Å². The number of alkyl carbamates (subject to hydrolysis) is 1. The van der Waals surface area contributed by atoms with Crippen LogP contribution in [0.15, 0.2) is 18.2 Å². The van der Waals surface area contributed by atoms with E-state index in [9.17, 15) is 24.2 Å². The molecule has 1 aromatic rings. The molecule has 26 heavy (non-hydrogen) atoms. The van der Waals surface area contributed by atoms with Gasteiger partial charge in [-0.3, -0.25) is 9.63 Å². The van der Waals surface area contributed by atoms with Gasteiger partial charge in [-0.1, -0.05) is 6.07 Å². The zero-order valence-corrected chi connectivity index (χ0v) is 15.4. The molecule has 0 spiro atoms. The van der Waals surface area contributed by atoms with Gasteiger partial charge in [0.05, 0.1) is 13.2 Å². The van der Waals surface area contributed by atoms with Crippen LogP contribution in [0, 0.1) is 5.82 Å². The van der Waals surface area contributed by atoms with Crippen molar-refractivity contribution in [2.24, 2.45) is 0 Å². The van der Waals surface area contributed by atoms with Crippen LogP contribution in [0.1, 0.15) is 26.3 Å². The monoisotopic (exact) mass is 372 g/mol. The average Bonchev–Trinajstić information content (AvgIpc) is 2.53. The molecule has 0 fully saturated rings. The SMILES string of the molecule is CON(C)C(=O)[C@@H](O)[C@@H](Cc1ccc(O)c(F)c1)NC(=O)OC(C)(C)C. The highest BCUT2D eigenvalue weighted by molar-refractivity contribution is 5.81. The van der Waals surface area contributed by atoms with Crippen LogP contribution in [0.4, 0.5) is 9.18 Å². The van der Waals surface area contributed by atoms with Gasteiger partial charge in [0.25, 0.3) is 5.91 Å². The molecule has 0 aliphatic carbocycles. The number of carbonyl (C=O) groups is 2. The highest BCUT2D eigenvalue weighted by Gasteiger charge is 2.32. The second-order valence-corrected chi connectivity index (χ2v) is 6.71. The van der Waals surface area contributed by atoms with Crippen LogP contribution in [-0.4, -0.2) is 59.2 Å². The third-order valence-corrected chi connectivity index (χ3v) is 3.39. The number of halogens is 1. The first-order valence-corrected chi connectivity index (χ1v) is 7.91. The summed E-state index contributed by atoms with van der Waals surface area (Å²) >= 11 is 0. The molecule has 2 amide bonds. The second-order valence-electron chi connectivity index (χ2n) is 6.71. The molecule has 8 nitrogen and oxygen atoms in total. The number of nitrogens with zero attached hydrogens (tertiary/aromatic N) is 1. The number of hydroxylamine groups is 2. The minimum Gasteiger partial charge on any atom is -0.505 e. The van der Waals surface area contributed by atoms with Gasteiger partial charge in [0.2, 0.25) is 0 Å². The summed E-state index contributed by atoms with van der Waals surface area (Å²) < 4.78 is 18.7. The largest absolute Gasteiger partial charge is 0.505 e. The van der Waals surface area contributed by atoms with Gasteiger partial charge < -0.3 is 20.3 Å². The summed E-state index contributed by atoms with van der Waals surface area (Å²) in [5, 5.41) is 22.8. The number of hydrogen-bond acceptors (Lipinski definition) is 6. The predicted octanol–water partition coefficient (Wildman–Crippen LogP) is 1.35. The number of hydrogen-bond donors (Lipinski definition) is 3. The lowest BCUT2D eigenvalue weighted by Gasteiger charge is -2.28. The first-order valence-electron chi connectivity index (χ1n) is 7.91. The van der Waals surface area contributed by atoms with Gasteiger partial charge in [-0.2, -0.15) is 0 Å². The topological polar surface area (TPSA) is 108 Å². The summed E-state index contributed by atoms with van der Waals surface area (Å²) in [6, 6.07) is 2.50. The molecule has 0 aromatic heterocycles. The lowest BCUT2D eigenvalue weighted by atomic mass is 10.0. The Morgan fingerprint density at radius 3 is 2.46 bits per heavy atom. The molecule has 1 aromatic carbocycles. The van der Waals surface area contributed by atoms with Crippen molar-refractivity contribution in [2.45, 2.75) is 44.9 Å². The Balaban J connectivity index is 3.01. The van der Waals surface area contributed by atoms with E-state index in [2.05, 4.69) is 5.32 Å². The van der Waals surface area contributed by atoms with Crippen LogP contribution in [0.3, 0.4) is 0 Å². The first kappa shape index (κ1) is 21.7. The molecule has 3 N–H and O–H groups in total. The smallest absolute Gasteiger partial charge is 0.407 e. The molecular formula is C17H25FN2O6. The number of phenols is 1. The summed E-state index contributed by atoms with van der Waals surface area (Å²) in [5.74, 6) is -2.18. The van der Waals surface area contributed by atoms with E-state index in [4.69, 9.17) is 9.57 Å². The fourth-order valence-corrected chi connectivity index (χ4v) is 2.08. The van der Waals surface area contributed by atoms with Crippen molar-refractivity contribution in [1.29, 1.82) is 0 Å². The van der Waals surface area contributed by atoms with E-state index >= 15 is 0 Å². The maximum atomic E-state index is 13.5. The number of ether oxygens (including phenoxy) is 1. The lowest BCUT2D eigenvalue weighted by Crippen LogP contribution is -2.52. The van der Waals surface area contributed by atoms with Crippen molar-refractivity contribution in [2.75, 3.05) is 14.2 Å². The Morgan fingerprint density at radius 2 is 1.96 bits per heavy atom. The molecule has 0 radical (unpaired) electrons. The van der Waals surface area contributed by atoms with Crippen LogP contribution < -0.4 is 5.32 Å². The molecule has 0 bridgehead atoms. The van der Waals surface area contributed by atoms with E-state index in [0.717, 1.165) is 17.2 Å². The molecule has 2 atom stereocenters. The third kappa shape index (κ3) is 6.49. The summed E-state index contributed by atoms with van der Waals surface area (Å²) in [6.07, 6.45) is -2.58. The third-order valence-electron chi connectivity index (χ3n) is 3.39. The highest BCUT2D eigenvalue weighted by Crippen LogP contribution is 2.18. The maximum absolute atomic E-state index is 13.5. The molecule has 1 rings (SSSR count). The lowest BCUT2D eigenvalue weighted by molar-refractivity contribution is -0.179. The fraction of sp³-hybridized carbons (Fsp3) is 0.529. The van der Waals surface area contributed by atoms with Crippen LogP contribution in [0.2, 0.25) is 0 Å². The highest BCUT2D eigenvalue weighted by atomic mass is 19.1. The zero-order valence-electron chi connectivity index (χ0n) is 15.4. The molecule has 0 saturated heterocycles. The molecule has 0 aliphatic heterocycles. The predicted molar refractivity (Wildman–Crippen MR) is 90.7 cm³/mol. The normalized spacial score (nSPS) is 13.7. The number of aliphatic hydroxyl groups is 1. The fourth-order valence-electron chi connectivity index (χ4n) is 2.08. The van der Waals surface area contributed by atoms with Crippen molar-refractivity contribution in [1.82, 2.24) is 10.4 Å². The number of nitrogens with one attached hydrogen (secondary N) is 1. The number of aromatic hydroxyl groups is 1. The van der Waals surface area contributed by atoms with Crippen LogP contribution in [0.5, 0.6) is 5.75 Å². The molecular weight excluding hydrogens is 347 g/mol. The number of carbonyl (C=O) groups excluding carboxylic acids is 2. The summed E-state index contributed by atoms with van der Waals surface area (Å²) in [6.45, 7) is 4.99. The molecule has 0 unspecified atom stereocenters. The number of likely N-dealkylation sites (N-methyl/N-ethyl adjacent to an activating group) is 1. The Kier molecular flexibility index (Phi) is 7.34. The van der Waals surface area contributed by atoms with E-state index in [-0.39, 0.29) is 6.42 Å². The first-order chi connectivity index (χ1) is 11.9. The quantitative estimate of drug-likeness (QED) is 0.651. The van der Waals surface area contributed by atoms with Gasteiger partial charge in [-0.25, -0.2) is 14.2 Å². The van der Waals surface area contributed by atoms with Gasteiger partial charge >= 0.3 is 6.09 Å². The van der Waals surface area contributed by atoms with Crippen molar-refractivity contribution < 1.29 is 33.8 Å². The maximum Gasteiger partial charge on any atom is 0.407 e. The van der Waals surface area contributed by atoms with Crippen molar-refractivity contribution in [3.63, 3.8) is 0 Å². The number of rotatable bonds is 6. The minimum absolute atomic E-state index is 0.0824. The van der Waals surface area contributed by atoms with Gasteiger partial charge in [-0.15, -0.1) is 0 Å². The zero-order chi connectivity index (χ0) is 20.1. The Labute approximate surface area is 151 Å². The van der Waals surface area contributed by atoms with E-state index in [1.165, 1.54) is 20.2 Å². The summed E-state index contributed by atoms with van der Waals surface area (Å²) in [4.78, 5) is 28.9. The Morgan fingerprint density at radius 1 is 1.35 bits per heavy atom. The molecule has 0 heterocycles. The summed E-state index contributed by atoms with van der Waals surface area (Å²) in [7, 11) is 2.55. The number of benzene rings is 1. The van der Waals surface area contributed by atoms with Gasteiger partial charge in [0.15, 0.2) is 17.7 Å². The Hall–Kier alpha value is -2.39. The molecule has 9 heteroatoms. The molecule has 0 aliphatic rings. The van der Waals surface area contributed by atoms with Gasteiger partial charge in [-0.05, 0) is 44.9 Å². The van der Waals surface area contributed by atoms with Crippen LogP contribution in [0.25, 0.3) is 0 Å². The van der Waals surface area contributed by atoms with Crippen molar-refractivity contribution in [3.05, 3.63) is 29.6 Å².